The van der Waals surface area contributed by atoms with Crippen molar-refractivity contribution in [2.24, 2.45) is 5.10 Å². The molecule has 0 radical (unpaired) electrons. The molecule has 0 atom stereocenters. The van der Waals surface area contributed by atoms with Crippen LogP contribution < -0.4 is 10.7 Å². The van der Waals surface area contributed by atoms with E-state index in [9.17, 15) is 9.59 Å². The number of carbonyl (C=O) groups is 2. The number of nitrogens with zero attached hydrogens (tertiary/aromatic N) is 1. The molecule has 2 rings (SSSR count). The maximum Gasteiger partial charge on any atom is 0.329 e. The first-order valence-corrected chi connectivity index (χ1v) is 7.86. The molecule has 0 spiro atoms. The minimum absolute atomic E-state index is 0.569. The predicted molar refractivity (Wildman–Crippen MR) is 94.3 cm³/mol. The topological polar surface area (TPSA) is 70.6 Å². The van der Waals surface area contributed by atoms with Crippen LogP contribution in [0.5, 0.6) is 0 Å². The smallest absolute Gasteiger partial charge is 0.318 e. The number of nitrogens with one attached hydrogen (secondary N) is 2. The summed E-state index contributed by atoms with van der Waals surface area (Å²) in [6.07, 6.45) is 2.38. The lowest BCUT2D eigenvalue weighted by Crippen LogP contribution is -2.32. The predicted octanol–water partition coefficient (Wildman–Crippen LogP) is 3.10. The van der Waals surface area contributed by atoms with E-state index in [-0.39, 0.29) is 0 Å². The van der Waals surface area contributed by atoms with E-state index in [1.807, 2.05) is 43.3 Å². The number of rotatable bonds is 4. The highest BCUT2D eigenvalue weighted by molar-refractivity contribution is 9.10. The fourth-order valence-electron chi connectivity index (χ4n) is 1.78. The molecule has 0 saturated heterocycles. The van der Waals surface area contributed by atoms with Crippen LogP contribution in [0.2, 0.25) is 0 Å². The Morgan fingerprint density at radius 2 is 1.70 bits per heavy atom. The van der Waals surface area contributed by atoms with Crippen molar-refractivity contribution in [3.63, 3.8) is 0 Å². The van der Waals surface area contributed by atoms with Gasteiger partial charge in [0, 0.05) is 10.2 Å². The van der Waals surface area contributed by atoms with Crippen LogP contribution in [0.15, 0.2) is 58.1 Å². The van der Waals surface area contributed by atoms with Crippen LogP contribution in [0.3, 0.4) is 0 Å². The van der Waals surface area contributed by atoms with Gasteiger partial charge in [-0.1, -0.05) is 47.1 Å². The molecule has 0 unspecified atom stereocenters. The van der Waals surface area contributed by atoms with Gasteiger partial charge in [0.25, 0.3) is 0 Å². The highest BCUT2D eigenvalue weighted by Crippen LogP contribution is 2.10. The van der Waals surface area contributed by atoms with Crippen LogP contribution in [-0.4, -0.2) is 18.0 Å². The molecule has 2 N–H and O–H groups in total. The molecule has 0 bridgehead atoms. The molecule has 6 heteroatoms. The summed E-state index contributed by atoms with van der Waals surface area (Å²) in [6, 6.07) is 14.7. The van der Waals surface area contributed by atoms with Crippen molar-refractivity contribution in [2.75, 3.05) is 5.32 Å². The maximum absolute atomic E-state index is 11.8. The summed E-state index contributed by atoms with van der Waals surface area (Å²) < 4.78 is 0.951. The van der Waals surface area contributed by atoms with Gasteiger partial charge in [0.2, 0.25) is 0 Å². The van der Waals surface area contributed by atoms with Gasteiger partial charge in [-0.3, -0.25) is 9.59 Å². The summed E-state index contributed by atoms with van der Waals surface area (Å²) in [4.78, 5) is 23.4. The molecule has 0 aliphatic rings. The summed E-state index contributed by atoms with van der Waals surface area (Å²) in [7, 11) is 0. The zero-order valence-corrected chi connectivity index (χ0v) is 14.1. The minimum atomic E-state index is -0.821. The van der Waals surface area contributed by atoms with Gasteiger partial charge in [-0.05, 0) is 41.8 Å². The molecule has 0 aliphatic heterocycles. The molecule has 0 aromatic heterocycles. The summed E-state index contributed by atoms with van der Waals surface area (Å²) in [6.45, 7) is 2.05. The largest absolute Gasteiger partial charge is 0.329 e. The lowest BCUT2D eigenvalue weighted by molar-refractivity contribution is -0.136. The van der Waals surface area contributed by atoms with Gasteiger partial charge in [-0.25, -0.2) is 5.43 Å². The third-order valence-electron chi connectivity index (χ3n) is 3.08. The highest BCUT2D eigenvalue weighted by Gasteiger charge is 2.12. The van der Waals surface area contributed by atoms with Crippen LogP contribution in [0.25, 0.3) is 0 Å². The summed E-state index contributed by atoms with van der Waals surface area (Å²) in [5.74, 6) is -1.58. The molecule has 0 saturated carbocycles. The van der Waals surface area contributed by atoms with Crippen molar-refractivity contribution in [2.45, 2.75) is 13.3 Å². The molecule has 0 heterocycles. The average Bonchev–Trinajstić information content (AvgIpc) is 2.57. The molecule has 0 fully saturated rings. The van der Waals surface area contributed by atoms with E-state index in [0.717, 1.165) is 22.0 Å². The van der Waals surface area contributed by atoms with E-state index in [4.69, 9.17) is 0 Å². The Hall–Kier alpha value is -2.47. The van der Waals surface area contributed by atoms with Crippen molar-refractivity contribution in [1.29, 1.82) is 0 Å². The van der Waals surface area contributed by atoms with Gasteiger partial charge in [0.15, 0.2) is 0 Å². The van der Waals surface area contributed by atoms with E-state index in [1.165, 1.54) is 6.21 Å². The van der Waals surface area contributed by atoms with Crippen LogP contribution in [0, 0.1) is 0 Å². The standard InChI is InChI=1S/C17H16BrN3O2/c1-2-12-5-9-15(10-6-12)20-16(22)17(23)21-19-11-13-3-7-14(18)8-4-13/h3-11H,2H2,1H3,(H,20,22)(H,21,23). The number of anilines is 1. The van der Waals surface area contributed by atoms with Crippen molar-refractivity contribution in [3.05, 3.63) is 64.1 Å². The van der Waals surface area contributed by atoms with Gasteiger partial charge in [0.1, 0.15) is 0 Å². The Labute approximate surface area is 142 Å². The third-order valence-corrected chi connectivity index (χ3v) is 3.60. The van der Waals surface area contributed by atoms with Gasteiger partial charge in [0.05, 0.1) is 6.21 Å². The second-order valence-corrected chi connectivity index (χ2v) is 5.67. The number of hydrogen-bond donors (Lipinski definition) is 2. The third kappa shape index (κ3) is 5.34. The number of benzene rings is 2. The molecule has 2 aromatic carbocycles. The van der Waals surface area contributed by atoms with Crippen molar-refractivity contribution >= 4 is 39.6 Å². The van der Waals surface area contributed by atoms with E-state index in [1.54, 1.807) is 12.1 Å². The Kier molecular flexibility index (Phi) is 6.05. The van der Waals surface area contributed by atoms with E-state index >= 15 is 0 Å². The first-order valence-electron chi connectivity index (χ1n) is 7.07. The first-order chi connectivity index (χ1) is 11.1. The SMILES string of the molecule is CCc1ccc(NC(=O)C(=O)NN=Cc2ccc(Br)cc2)cc1. The molecule has 23 heavy (non-hydrogen) atoms. The fourth-order valence-corrected chi connectivity index (χ4v) is 2.04. The van der Waals surface area contributed by atoms with Crippen LogP contribution >= 0.6 is 15.9 Å². The highest BCUT2D eigenvalue weighted by atomic mass is 79.9. The summed E-state index contributed by atoms with van der Waals surface area (Å²) in [5, 5.41) is 6.28. The second-order valence-electron chi connectivity index (χ2n) is 4.76. The molecular formula is C17H16BrN3O2. The van der Waals surface area contributed by atoms with Crippen molar-refractivity contribution < 1.29 is 9.59 Å². The Balaban J connectivity index is 1.86. The fraction of sp³-hybridized carbons (Fsp3) is 0.118. The van der Waals surface area contributed by atoms with Crippen LogP contribution in [0.1, 0.15) is 18.1 Å². The number of halogens is 1. The van der Waals surface area contributed by atoms with Crippen LogP contribution in [-0.2, 0) is 16.0 Å². The Morgan fingerprint density at radius 1 is 1.04 bits per heavy atom. The summed E-state index contributed by atoms with van der Waals surface area (Å²) >= 11 is 3.33. The van der Waals surface area contributed by atoms with Gasteiger partial charge >= 0.3 is 11.8 Å². The number of aryl methyl sites for hydroxylation is 1. The normalized spacial score (nSPS) is 10.5. The van der Waals surface area contributed by atoms with Crippen molar-refractivity contribution in [3.8, 4) is 0 Å². The molecule has 5 nitrogen and oxygen atoms in total. The summed E-state index contributed by atoms with van der Waals surface area (Å²) in [5.41, 5.74) is 4.73. The zero-order valence-electron chi connectivity index (χ0n) is 12.5. The average molecular weight is 374 g/mol. The quantitative estimate of drug-likeness (QED) is 0.491. The number of hydrazone groups is 1. The Bertz CT molecular complexity index is 710. The van der Waals surface area contributed by atoms with Gasteiger partial charge in [-0.2, -0.15) is 5.10 Å². The second kappa shape index (κ2) is 8.24. The Morgan fingerprint density at radius 3 is 2.30 bits per heavy atom. The van der Waals surface area contributed by atoms with Gasteiger partial charge in [-0.15, -0.1) is 0 Å². The van der Waals surface area contributed by atoms with Crippen molar-refractivity contribution in [1.82, 2.24) is 5.43 Å². The first kappa shape index (κ1) is 16.9. The van der Waals surface area contributed by atoms with E-state index in [0.29, 0.717) is 5.69 Å². The number of hydrogen-bond acceptors (Lipinski definition) is 3. The number of amides is 2. The number of carbonyl (C=O) groups excluding carboxylic acids is 2. The molecule has 0 aliphatic carbocycles. The van der Waals surface area contributed by atoms with Gasteiger partial charge < -0.3 is 5.32 Å². The van der Waals surface area contributed by atoms with E-state index < -0.39 is 11.8 Å². The lowest BCUT2D eigenvalue weighted by atomic mass is 10.1. The molecular weight excluding hydrogens is 358 g/mol. The zero-order chi connectivity index (χ0) is 16.7. The van der Waals surface area contributed by atoms with Crippen LogP contribution in [0.4, 0.5) is 5.69 Å². The molecule has 118 valence electrons. The molecule has 2 amide bonds. The monoisotopic (exact) mass is 373 g/mol. The lowest BCUT2D eigenvalue weighted by Gasteiger charge is -2.04. The van der Waals surface area contributed by atoms with E-state index in [2.05, 4.69) is 31.8 Å². The minimum Gasteiger partial charge on any atom is -0.318 e. The maximum atomic E-state index is 11.8. The molecule has 2 aromatic rings.